The molecule has 4 rings (SSSR count). The minimum Gasteiger partial charge on any atom is -0.459 e. The molecule has 0 bridgehead atoms. The molecule has 0 spiro atoms. The maximum Gasteiger partial charge on any atom is 0.339 e. The van der Waals surface area contributed by atoms with Crippen LogP contribution in [-0.2, 0) is 20.8 Å². The second kappa shape index (κ2) is 9.09. The van der Waals surface area contributed by atoms with E-state index in [2.05, 4.69) is 19.1 Å². The molecule has 2 aliphatic heterocycles. The summed E-state index contributed by atoms with van der Waals surface area (Å²) in [6, 6.07) is 3.61. The Balaban J connectivity index is 1.83. The highest BCUT2D eigenvalue weighted by Crippen LogP contribution is 2.36. The number of aliphatic hydroxyl groups is 1. The molecule has 1 unspecified atom stereocenters. The SMILES string of the molecule is Cc1cc2oc(CO)cc2c2c1C(=O)O[C@@H](C)[C@H](C)/C=C\C(C)[C@H]1OC(C)(C)O[C@H]1CC=C2. The maximum absolute atomic E-state index is 13.3. The largest absolute Gasteiger partial charge is 0.459 e. The lowest BCUT2D eigenvalue weighted by atomic mass is 9.93. The van der Waals surface area contributed by atoms with Gasteiger partial charge < -0.3 is 23.7 Å². The summed E-state index contributed by atoms with van der Waals surface area (Å²) in [6.07, 6.45) is 8.32. The van der Waals surface area contributed by atoms with Crippen molar-refractivity contribution in [1.29, 1.82) is 0 Å². The molecule has 6 nitrogen and oxygen atoms in total. The van der Waals surface area contributed by atoms with Crippen LogP contribution in [0.25, 0.3) is 17.0 Å². The Labute approximate surface area is 195 Å². The lowest BCUT2D eigenvalue weighted by molar-refractivity contribution is -0.148. The lowest BCUT2D eigenvalue weighted by Crippen LogP contribution is -2.29. The summed E-state index contributed by atoms with van der Waals surface area (Å²) in [5.74, 6) is -0.390. The van der Waals surface area contributed by atoms with E-state index in [-0.39, 0.29) is 42.7 Å². The molecular formula is C27H34O6. The van der Waals surface area contributed by atoms with Crippen LogP contribution in [0.4, 0.5) is 0 Å². The molecule has 1 aromatic carbocycles. The molecule has 0 amide bonds. The van der Waals surface area contributed by atoms with Gasteiger partial charge in [-0.1, -0.05) is 38.2 Å². The quantitative estimate of drug-likeness (QED) is 0.450. The molecule has 0 aliphatic carbocycles. The van der Waals surface area contributed by atoms with Gasteiger partial charge in [-0.3, -0.25) is 0 Å². The topological polar surface area (TPSA) is 78.1 Å². The molecule has 3 heterocycles. The molecule has 33 heavy (non-hydrogen) atoms. The van der Waals surface area contributed by atoms with E-state index >= 15 is 0 Å². The standard InChI is InChI=1S/C27H34O6/c1-15-10-11-16(2)25-22(32-27(5,6)33-25)9-7-8-20-21-13-19(14-28)31-23(21)12-17(3)24(20)26(29)30-18(15)4/h7-8,10-13,15-16,18,22,25,28H,9,14H2,1-6H3/b8-7?,11-10-/t15-,16?,18+,22+,25-/m1/s1. The fraction of sp³-hybridized carbons (Fsp3) is 0.519. The summed E-state index contributed by atoms with van der Waals surface area (Å²) >= 11 is 0. The number of furan rings is 1. The molecule has 2 aliphatic rings. The number of carbonyl (C=O) groups is 1. The van der Waals surface area contributed by atoms with Gasteiger partial charge in [0.1, 0.15) is 24.1 Å². The Hall–Kier alpha value is -2.41. The molecule has 2 aromatic rings. The molecule has 0 saturated carbocycles. The van der Waals surface area contributed by atoms with E-state index < -0.39 is 5.79 Å². The first kappa shape index (κ1) is 23.7. The van der Waals surface area contributed by atoms with Crippen molar-refractivity contribution in [2.75, 3.05) is 0 Å². The van der Waals surface area contributed by atoms with Crippen molar-refractivity contribution >= 4 is 23.0 Å². The molecule has 178 valence electrons. The minimum absolute atomic E-state index is 0.0334. The second-order valence-electron chi connectivity index (χ2n) is 9.76. The van der Waals surface area contributed by atoms with Gasteiger partial charge in [0.05, 0.1) is 17.8 Å². The number of benzene rings is 1. The smallest absolute Gasteiger partial charge is 0.339 e. The number of carbonyl (C=O) groups excluding carboxylic acids is 1. The van der Waals surface area contributed by atoms with Gasteiger partial charge in [0, 0.05) is 17.2 Å². The zero-order chi connectivity index (χ0) is 23.9. The third kappa shape index (κ3) is 4.79. The van der Waals surface area contributed by atoms with Gasteiger partial charge in [-0.05, 0) is 57.4 Å². The number of esters is 1. The van der Waals surface area contributed by atoms with E-state index in [1.165, 1.54) is 0 Å². The predicted molar refractivity (Wildman–Crippen MR) is 127 cm³/mol. The van der Waals surface area contributed by atoms with Crippen molar-refractivity contribution in [3.8, 4) is 0 Å². The van der Waals surface area contributed by atoms with Gasteiger partial charge in [0.25, 0.3) is 0 Å². The number of fused-ring (bicyclic) bond motifs is 4. The van der Waals surface area contributed by atoms with Crippen molar-refractivity contribution in [3.63, 3.8) is 0 Å². The van der Waals surface area contributed by atoms with Crippen LogP contribution in [0, 0.1) is 18.8 Å². The molecule has 1 N–H and O–H groups in total. The normalized spacial score (nSPS) is 31.0. The first-order valence-corrected chi connectivity index (χ1v) is 11.7. The highest BCUT2D eigenvalue weighted by atomic mass is 16.8. The Morgan fingerprint density at radius 1 is 1.09 bits per heavy atom. The minimum atomic E-state index is -0.653. The van der Waals surface area contributed by atoms with Crippen molar-refractivity contribution in [2.45, 2.75) is 78.7 Å². The zero-order valence-corrected chi connectivity index (χ0v) is 20.3. The third-order valence-corrected chi connectivity index (χ3v) is 6.62. The van der Waals surface area contributed by atoms with Gasteiger partial charge in [-0.15, -0.1) is 0 Å². The van der Waals surface area contributed by atoms with Gasteiger partial charge in [-0.2, -0.15) is 0 Å². The van der Waals surface area contributed by atoms with E-state index in [0.717, 1.165) is 16.5 Å². The number of aryl methyl sites for hydroxylation is 1. The van der Waals surface area contributed by atoms with Crippen molar-refractivity contribution < 1.29 is 28.5 Å². The average Bonchev–Trinajstić information content (AvgIpc) is 3.30. The van der Waals surface area contributed by atoms with Crippen molar-refractivity contribution in [3.05, 3.63) is 52.8 Å². The Morgan fingerprint density at radius 2 is 1.82 bits per heavy atom. The molecular weight excluding hydrogens is 420 g/mol. The fourth-order valence-corrected chi connectivity index (χ4v) is 4.68. The molecule has 1 fully saturated rings. The highest BCUT2D eigenvalue weighted by Gasteiger charge is 2.42. The van der Waals surface area contributed by atoms with Crippen LogP contribution in [-0.4, -0.2) is 35.2 Å². The summed E-state index contributed by atoms with van der Waals surface area (Å²) < 4.78 is 24.1. The van der Waals surface area contributed by atoms with Gasteiger partial charge >= 0.3 is 5.97 Å². The van der Waals surface area contributed by atoms with Crippen LogP contribution < -0.4 is 0 Å². The fourth-order valence-electron chi connectivity index (χ4n) is 4.68. The Morgan fingerprint density at radius 3 is 2.55 bits per heavy atom. The van der Waals surface area contributed by atoms with E-state index in [0.29, 0.717) is 23.3 Å². The summed E-state index contributed by atoms with van der Waals surface area (Å²) in [7, 11) is 0. The summed E-state index contributed by atoms with van der Waals surface area (Å²) in [5, 5.41) is 10.3. The zero-order valence-electron chi connectivity index (χ0n) is 20.3. The number of rotatable bonds is 1. The molecule has 1 aromatic heterocycles. The summed E-state index contributed by atoms with van der Waals surface area (Å²) in [6.45, 7) is 11.6. The van der Waals surface area contributed by atoms with Crippen molar-refractivity contribution in [2.24, 2.45) is 11.8 Å². The van der Waals surface area contributed by atoms with Crippen LogP contribution in [0.3, 0.4) is 0 Å². The first-order valence-electron chi connectivity index (χ1n) is 11.7. The van der Waals surface area contributed by atoms with Gasteiger partial charge in [-0.25, -0.2) is 4.79 Å². The third-order valence-electron chi connectivity index (χ3n) is 6.62. The summed E-state index contributed by atoms with van der Waals surface area (Å²) in [5.41, 5.74) is 2.64. The van der Waals surface area contributed by atoms with Crippen LogP contribution in [0.2, 0.25) is 0 Å². The summed E-state index contributed by atoms with van der Waals surface area (Å²) in [4.78, 5) is 13.3. The Kier molecular flexibility index (Phi) is 6.54. The van der Waals surface area contributed by atoms with E-state index in [9.17, 15) is 9.90 Å². The van der Waals surface area contributed by atoms with E-state index in [4.69, 9.17) is 18.6 Å². The first-order chi connectivity index (χ1) is 15.6. The van der Waals surface area contributed by atoms with Gasteiger partial charge in [0.15, 0.2) is 5.79 Å². The highest BCUT2D eigenvalue weighted by molar-refractivity contribution is 6.03. The number of ether oxygens (including phenoxy) is 3. The number of cyclic esters (lactones) is 1. The lowest BCUT2D eigenvalue weighted by Gasteiger charge is -2.23. The number of aliphatic hydroxyl groups excluding tert-OH is 1. The molecule has 6 heteroatoms. The molecule has 5 atom stereocenters. The van der Waals surface area contributed by atoms with Crippen LogP contribution >= 0.6 is 0 Å². The van der Waals surface area contributed by atoms with Gasteiger partial charge in [0.2, 0.25) is 0 Å². The van der Waals surface area contributed by atoms with Crippen LogP contribution in [0.5, 0.6) is 0 Å². The monoisotopic (exact) mass is 454 g/mol. The van der Waals surface area contributed by atoms with E-state index in [1.807, 2.05) is 52.8 Å². The van der Waals surface area contributed by atoms with Crippen LogP contribution in [0.15, 0.2) is 34.8 Å². The molecule has 1 saturated heterocycles. The van der Waals surface area contributed by atoms with Crippen molar-refractivity contribution in [1.82, 2.24) is 0 Å². The Bertz CT molecular complexity index is 1090. The number of hydrogen-bond acceptors (Lipinski definition) is 6. The average molecular weight is 455 g/mol. The van der Waals surface area contributed by atoms with Crippen LogP contribution in [0.1, 0.15) is 68.3 Å². The predicted octanol–water partition coefficient (Wildman–Crippen LogP) is 5.54. The number of hydrogen-bond donors (Lipinski definition) is 1. The second-order valence-corrected chi connectivity index (χ2v) is 9.76. The maximum atomic E-state index is 13.3. The molecule has 0 radical (unpaired) electrons. The van der Waals surface area contributed by atoms with E-state index in [1.54, 1.807) is 6.07 Å².